The third-order valence-corrected chi connectivity index (χ3v) is 4.66. The summed E-state index contributed by atoms with van der Waals surface area (Å²) in [5, 5.41) is 5.46. The molecule has 0 aliphatic heterocycles. The van der Waals surface area contributed by atoms with E-state index in [1.165, 1.54) is 6.07 Å². The molecule has 0 heterocycles. The van der Waals surface area contributed by atoms with E-state index in [4.69, 9.17) is 10.5 Å². The molecule has 3 rings (SSSR count). The monoisotopic (exact) mass is 435 g/mol. The summed E-state index contributed by atoms with van der Waals surface area (Å²) < 4.78 is 18.1. The topological polar surface area (TPSA) is 111 Å². The first kappa shape index (κ1) is 22.5. The number of para-hydroxylation sites is 1. The van der Waals surface area contributed by atoms with Gasteiger partial charge in [-0.3, -0.25) is 9.59 Å². The summed E-state index contributed by atoms with van der Waals surface area (Å²) in [7, 11) is 0. The van der Waals surface area contributed by atoms with Crippen LogP contribution in [0, 0.1) is 5.82 Å². The second kappa shape index (κ2) is 10.2. The van der Waals surface area contributed by atoms with Crippen LogP contribution < -0.4 is 16.4 Å². The van der Waals surface area contributed by atoms with E-state index < -0.39 is 24.3 Å². The summed E-state index contributed by atoms with van der Waals surface area (Å²) in [5.74, 6) is -2.46. The number of rotatable bonds is 7. The normalized spacial score (nSPS) is 11.3. The molecule has 3 aromatic carbocycles. The predicted octanol–water partition coefficient (Wildman–Crippen LogP) is 3.69. The number of amides is 2. The van der Waals surface area contributed by atoms with Gasteiger partial charge in [-0.25, -0.2) is 9.18 Å². The van der Waals surface area contributed by atoms with Crippen LogP contribution in [0.25, 0.3) is 0 Å². The van der Waals surface area contributed by atoms with Crippen molar-refractivity contribution >= 4 is 29.2 Å². The summed E-state index contributed by atoms with van der Waals surface area (Å²) in [4.78, 5) is 37.1. The van der Waals surface area contributed by atoms with Crippen molar-refractivity contribution < 1.29 is 23.5 Å². The molecule has 8 heteroatoms. The van der Waals surface area contributed by atoms with Crippen LogP contribution in [0.3, 0.4) is 0 Å². The number of nitrogen functional groups attached to an aromatic ring is 1. The van der Waals surface area contributed by atoms with Crippen molar-refractivity contribution in [3.05, 3.63) is 95.3 Å². The number of hydrogen-bond donors (Lipinski definition) is 3. The zero-order chi connectivity index (χ0) is 23.1. The van der Waals surface area contributed by atoms with Gasteiger partial charge in [-0.15, -0.1) is 0 Å². The summed E-state index contributed by atoms with van der Waals surface area (Å²) in [5.41, 5.74) is 6.93. The molecule has 7 nitrogen and oxygen atoms in total. The van der Waals surface area contributed by atoms with Gasteiger partial charge < -0.3 is 21.1 Å². The molecule has 0 aliphatic rings. The first-order chi connectivity index (χ1) is 15.3. The van der Waals surface area contributed by atoms with Gasteiger partial charge in [0.15, 0.2) is 6.61 Å². The highest BCUT2D eigenvalue weighted by Crippen LogP contribution is 2.18. The maximum atomic E-state index is 13.1. The van der Waals surface area contributed by atoms with Crippen LogP contribution in [-0.2, 0) is 9.53 Å². The third kappa shape index (κ3) is 5.69. The molecule has 2 amide bonds. The molecule has 4 N–H and O–H groups in total. The fourth-order valence-corrected chi connectivity index (χ4v) is 3.00. The first-order valence-electron chi connectivity index (χ1n) is 9.82. The van der Waals surface area contributed by atoms with Gasteiger partial charge in [0, 0.05) is 5.69 Å². The van der Waals surface area contributed by atoms with E-state index >= 15 is 0 Å². The van der Waals surface area contributed by atoms with E-state index in [1.54, 1.807) is 24.3 Å². The van der Waals surface area contributed by atoms with Crippen molar-refractivity contribution in [3.63, 3.8) is 0 Å². The molecule has 0 aromatic heterocycles. The van der Waals surface area contributed by atoms with Crippen molar-refractivity contribution in [3.8, 4) is 0 Å². The number of carbonyl (C=O) groups excluding carboxylic acids is 3. The molecule has 0 saturated heterocycles. The van der Waals surface area contributed by atoms with E-state index in [1.807, 2.05) is 37.3 Å². The lowest BCUT2D eigenvalue weighted by atomic mass is 10.1. The minimum Gasteiger partial charge on any atom is -0.452 e. The second-order valence-corrected chi connectivity index (χ2v) is 7.01. The van der Waals surface area contributed by atoms with E-state index in [9.17, 15) is 18.8 Å². The number of nitrogens with two attached hydrogens (primary N) is 1. The molecule has 1 unspecified atom stereocenters. The van der Waals surface area contributed by atoms with E-state index in [0.29, 0.717) is 0 Å². The number of esters is 1. The SMILES string of the molecule is CC(NC(=O)c1ccccc1NC(=O)COC(=O)c1ccc(F)cc1N)c1ccccc1. The van der Waals surface area contributed by atoms with Crippen LogP contribution in [0.4, 0.5) is 15.8 Å². The first-order valence-corrected chi connectivity index (χ1v) is 9.82. The fourth-order valence-electron chi connectivity index (χ4n) is 3.00. The van der Waals surface area contributed by atoms with Crippen LogP contribution in [0.5, 0.6) is 0 Å². The van der Waals surface area contributed by atoms with Crippen molar-refractivity contribution in [2.24, 2.45) is 0 Å². The highest BCUT2D eigenvalue weighted by Gasteiger charge is 2.18. The van der Waals surface area contributed by atoms with Crippen LogP contribution in [0.1, 0.15) is 39.2 Å². The van der Waals surface area contributed by atoms with Crippen molar-refractivity contribution in [1.29, 1.82) is 0 Å². The second-order valence-electron chi connectivity index (χ2n) is 7.01. The number of carbonyl (C=O) groups is 3. The fraction of sp³-hybridized carbons (Fsp3) is 0.125. The largest absolute Gasteiger partial charge is 0.452 e. The smallest absolute Gasteiger partial charge is 0.340 e. The van der Waals surface area contributed by atoms with Gasteiger partial charge in [0.05, 0.1) is 22.9 Å². The lowest BCUT2D eigenvalue weighted by molar-refractivity contribution is -0.119. The standard InChI is InChI=1S/C24H22FN3O4/c1-15(16-7-3-2-4-8-16)27-23(30)19-9-5-6-10-21(19)28-22(29)14-32-24(31)18-12-11-17(25)13-20(18)26/h2-13,15H,14,26H2,1H3,(H,27,30)(H,28,29). The Bertz CT molecular complexity index is 1140. The Kier molecular flexibility index (Phi) is 7.17. The number of ether oxygens (including phenoxy) is 1. The molecular formula is C24H22FN3O4. The van der Waals surface area contributed by atoms with E-state index in [2.05, 4.69) is 10.6 Å². The third-order valence-electron chi connectivity index (χ3n) is 4.66. The number of halogens is 1. The van der Waals surface area contributed by atoms with E-state index in [-0.39, 0.29) is 34.5 Å². The Balaban J connectivity index is 1.62. The Morgan fingerprint density at radius 1 is 0.969 bits per heavy atom. The molecule has 0 aliphatic carbocycles. The van der Waals surface area contributed by atoms with Gasteiger partial charge in [0.1, 0.15) is 5.82 Å². The zero-order valence-electron chi connectivity index (χ0n) is 17.3. The Labute approximate surface area is 184 Å². The molecule has 164 valence electrons. The number of hydrogen-bond acceptors (Lipinski definition) is 5. The molecule has 0 spiro atoms. The highest BCUT2D eigenvalue weighted by molar-refractivity contribution is 6.04. The minimum absolute atomic E-state index is 0.0473. The lowest BCUT2D eigenvalue weighted by Gasteiger charge is -2.16. The quantitative estimate of drug-likeness (QED) is 0.387. The van der Waals surface area contributed by atoms with Crippen LogP contribution >= 0.6 is 0 Å². The summed E-state index contributed by atoms with van der Waals surface area (Å²) in [6, 6.07) is 18.9. The Morgan fingerprint density at radius 2 is 1.66 bits per heavy atom. The zero-order valence-corrected chi connectivity index (χ0v) is 17.3. The predicted molar refractivity (Wildman–Crippen MR) is 118 cm³/mol. The van der Waals surface area contributed by atoms with Gasteiger partial charge in [0.2, 0.25) is 0 Å². The van der Waals surface area contributed by atoms with Crippen molar-refractivity contribution in [2.75, 3.05) is 17.7 Å². The minimum atomic E-state index is -0.861. The molecule has 0 radical (unpaired) electrons. The molecule has 0 bridgehead atoms. The average Bonchev–Trinajstić information content (AvgIpc) is 2.78. The Hall–Kier alpha value is -4.20. The molecule has 1 atom stereocenters. The number of anilines is 2. The average molecular weight is 435 g/mol. The summed E-state index contributed by atoms with van der Waals surface area (Å²) in [6.07, 6.45) is 0. The van der Waals surface area contributed by atoms with E-state index in [0.717, 1.165) is 17.7 Å². The lowest BCUT2D eigenvalue weighted by Crippen LogP contribution is -2.28. The Morgan fingerprint density at radius 3 is 2.38 bits per heavy atom. The number of nitrogens with one attached hydrogen (secondary N) is 2. The van der Waals surface area contributed by atoms with Crippen LogP contribution in [-0.4, -0.2) is 24.4 Å². The molecular weight excluding hydrogens is 413 g/mol. The maximum absolute atomic E-state index is 13.1. The van der Waals surface area contributed by atoms with Gasteiger partial charge >= 0.3 is 5.97 Å². The molecule has 32 heavy (non-hydrogen) atoms. The van der Waals surface area contributed by atoms with Gasteiger partial charge in [0.25, 0.3) is 11.8 Å². The van der Waals surface area contributed by atoms with Crippen molar-refractivity contribution in [1.82, 2.24) is 5.32 Å². The maximum Gasteiger partial charge on any atom is 0.340 e. The van der Waals surface area contributed by atoms with Gasteiger partial charge in [-0.05, 0) is 42.8 Å². The molecule has 0 fully saturated rings. The van der Waals surface area contributed by atoms with Crippen LogP contribution in [0.15, 0.2) is 72.8 Å². The van der Waals surface area contributed by atoms with Crippen molar-refractivity contribution in [2.45, 2.75) is 13.0 Å². The summed E-state index contributed by atoms with van der Waals surface area (Å²) in [6.45, 7) is 1.25. The highest BCUT2D eigenvalue weighted by atomic mass is 19.1. The van der Waals surface area contributed by atoms with Crippen LogP contribution in [0.2, 0.25) is 0 Å². The molecule has 0 saturated carbocycles. The number of benzene rings is 3. The summed E-state index contributed by atoms with van der Waals surface area (Å²) >= 11 is 0. The van der Waals surface area contributed by atoms with Gasteiger partial charge in [-0.1, -0.05) is 42.5 Å². The molecule has 3 aromatic rings. The van der Waals surface area contributed by atoms with Gasteiger partial charge in [-0.2, -0.15) is 0 Å².